The molecule has 1 N–H and O–H groups in total. The second kappa shape index (κ2) is 5.63. The summed E-state index contributed by atoms with van der Waals surface area (Å²) in [5, 5.41) is 3.33. The first kappa shape index (κ1) is 14.3. The highest BCUT2D eigenvalue weighted by Gasteiger charge is 2.55. The molecule has 0 heterocycles. The lowest BCUT2D eigenvalue weighted by Crippen LogP contribution is -2.19. The maximum Gasteiger partial charge on any atom is 0.0247 e. The Morgan fingerprint density at radius 2 is 1.40 bits per heavy atom. The molecule has 1 atom stereocenters. The van der Waals surface area contributed by atoms with Crippen molar-refractivity contribution in [1.82, 2.24) is 5.32 Å². The standard InChI is InChI=1S/C17H17Br2N/c1-20-11-14-10-17(14,12-2-6-15(18)7-3-12)13-4-8-16(19)9-5-13/h2-9,14,20H,10-11H2,1H3. The summed E-state index contributed by atoms with van der Waals surface area (Å²) in [7, 11) is 2.03. The van der Waals surface area contributed by atoms with Gasteiger partial charge in [-0.1, -0.05) is 56.1 Å². The van der Waals surface area contributed by atoms with Crippen LogP contribution in [0.25, 0.3) is 0 Å². The largest absolute Gasteiger partial charge is 0.319 e. The van der Waals surface area contributed by atoms with Crippen LogP contribution in [0.2, 0.25) is 0 Å². The molecular weight excluding hydrogens is 378 g/mol. The van der Waals surface area contributed by atoms with Crippen LogP contribution in [0.3, 0.4) is 0 Å². The van der Waals surface area contributed by atoms with Crippen LogP contribution in [-0.4, -0.2) is 13.6 Å². The predicted octanol–water partition coefficient (Wildman–Crippen LogP) is 4.74. The highest BCUT2D eigenvalue weighted by molar-refractivity contribution is 9.10. The molecule has 0 saturated heterocycles. The van der Waals surface area contributed by atoms with E-state index in [-0.39, 0.29) is 5.41 Å². The Balaban J connectivity index is 2.02. The van der Waals surface area contributed by atoms with Gasteiger partial charge in [0.25, 0.3) is 0 Å². The first-order valence-electron chi connectivity index (χ1n) is 6.83. The van der Waals surface area contributed by atoms with Gasteiger partial charge < -0.3 is 5.32 Å². The summed E-state index contributed by atoms with van der Waals surface area (Å²) in [4.78, 5) is 0. The molecule has 3 rings (SSSR count). The van der Waals surface area contributed by atoms with Gasteiger partial charge in [0, 0.05) is 14.4 Å². The van der Waals surface area contributed by atoms with Gasteiger partial charge in [-0.3, -0.25) is 0 Å². The number of hydrogen-bond donors (Lipinski definition) is 1. The summed E-state index contributed by atoms with van der Waals surface area (Å²) in [6.07, 6.45) is 1.22. The van der Waals surface area contributed by atoms with Crippen molar-refractivity contribution in [3.8, 4) is 0 Å². The highest BCUT2D eigenvalue weighted by atomic mass is 79.9. The van der Waals surface area contributed by atoms with Crippen LogP contribution in [0.4, 0.5) is 0 Å². The average Bonchev–Trinajstić information content (AvgIpc) is 3.16. The van der Waals surface area contributed by atoms with E-state index >= 15 is 0 Å². The third-order valence-corrected chi connectivity index (χ3v) is 5.33. The molecule has 0 bridgehead atoms. The SMILES string of the molecule is CNCC1CC1(c1ccc(Br)cc1)c1ccc(Br)cc1. The van der Waals surface area contributed by atoms with Crippen molar-refractivity contribution in [2.24, 2.45) is 5.92 Å². The number of nitrogens with one attached hydrogen (secondary N) is 1. The molecule has 1 nitrogen and oxygen atoms in total. The fourth-order valence-electron chi connectivity index (χ4n) is 3.19. The van der Waals surface area contributed by atoms with E-state index in [1.807, 2.05) is 7.05 Å². The number of benzene rings is 2. The van der Waals surface area contributed by atoms with E-state index in [1.54, 1.807) is 0 Å². The van der Waals surface area contributed by atoms with E-state index in [9.17, 15) is 0 Å². The minimum atomic E-state index is 0.185. The van der Waals surface area contributed by atoms with Crippen LogP contribution in [0.1, 0.15) is 17.5 Å². The number of halogens is 2. The van der Waals surface area contributed by atoms with Gasteiger partial charge in [-0.15, -0.1) is 0 Å². The second-order valence-electron chi connectivity index (χ2n) is 5.44. The van der Waals surface area contributed by atoms with Gasteiger partial charge >= 0.3 is 0 Å². The molecule has 104 valence electrons. The van der Waals surface area contributed by atoms with Crippen LogP contribution in [0.5, 0.6) is 0 Å². The van der Waals surface area contributed by atoms with E-state index in [4.69, 9.17) is 0 Å². The zero-order valence-electron chi connectivity index (χ0n) is 11.4. The summed E-state index contributed by atoms with van der Waals surface area (Å²) in [6.45, 7) is 1.06. The van der Waals surface area contributed by atoms with E-state index in [0.29, 0.717) is 5.92 Å². The molecule has 1 unspecified atom stereocenters. The Kier molecular flexibility index (Phi) is 4.02. The van der Waals surface area contributed by atoms with Crippen molar-refractivity contribution < 1.29 is 0 Å². The Hall–Kier alpha value is -0.640. The first-order chi connectivity index (χ1) is 9.66. The number of rotatable bonds is 4. The maximum absolute atomic E-state index is 3.53. The minimum Gasteiger partial charge on any atom is -0.319 e. The van der Waals surface area contributed by atoms with Crippen LogP contribution >= 0.6 is 31.9 Å². The van der Waals surface area contributed by atoms with Crippen molar-refractivity contribution in [1.29, 1.82) is 0 Å². The van der Waals surface area contributed by atoms with Crippen molar-refractivity contribution in [2.75, 3.05) is 13.6 Å². The lowest BCUT2D eigenvalue weighted by atomic mass is 9.86. The van der Waals surface area contributed by atoms with Crippen LogP contribution in [0.15, 0.2) is 57.5 Å². The Morgan fingerprint density at radius 1 is 0.950 bits per heavy atom. The van der Waals surface area contributed by atoms with Crippen molar-refractivity contribution >= 4 is 31.9 Å². The monoisotopic (exact) mass is 393 g/mol. The molecule has 3 heteroatoms. The van der Waals surface area contributed by atoms with Gasteiger partial charge in [0.15, 0.2) is 0 Å². The molecule has 20 heavy (non-hydrogen) atoms. The second-order valence-corrected chi connectivity index (χ2v) is 7.28. The topological polar surface area (TPSA) is 12.0 Å². The van der Waals surface area contributed by atoms with Crippen LogP contribution in [0, 0.1) is 5.92 Å². The molecule has 1 aliphatic carbocycles. The maximum atomic E-state index is 3.53. The fraction of sp³-hybridized carbons (Fsp3) is 0.294. The molecule has 0 amide bonds. The fourth-order valence-corrected chi connectivity index (χ4v) is 3.72. The third-order valence-electron chi connectivity index (χ3n) is 4.27. The molecule has 1 fully saturated rings. The zero-order valence-corrected chi connectivity index (χ0v) is 14.5. The molecule has 0 aromatic heterocycles. The molecule has 1 aliphatic rings. The summed E-state index contributed by atoms with van der Waals surface area (Å²) >= 11 is 7.05. The average molecular weight is 395 g/mol. The molecule has 2 aromatic rings. The zero-order chi connectivity index (χ0) is 14.2. The van der Waals surface area contributed by atoms with E-state index in [0.717, 1.165) is 15.5 Å². The summed E-state index contributed by atoms with van der Waals surface area (Å²) < 4.78 is 2.27. The quantitative estimate of drug-likeness (QED) is 0.789. The lowest BCUT2D eigenvalue weighted by molar-refractivity contribution is 0.641. The molecule has 2 aromatic carbocycles. The Labute approximate surface area is 137 Å². The van der Waals surface area contributed by atoms with Gasteiger partial charge in [-0.2, -0.15) is 0 Å². The van der Waals surface area contributed by atoms with Crippen LogP contribution < -0.4 is 5.32 Å². The number of hydrogen-bond acceptors (Lipinski definition) is 1. The van der Waals surface area contributed by atoms with Crippen molar-refractivity contribution in [3.63, 3.8) is 0 Å². The van der Waals surface area contributed by atoms with Gasteiger partial charge in [0.05, 0.1) is 0 Å². The predicted molar refractivity (Wildman–Crippen MR) is 91.1 cm³/mol. The third kappa shape index (κ3) is 2.47. The van der Waals surface area contributed by atoms with Gasteiger partial charge in [-0.05, 0) is 61.3 Å². The molecule has 0 spiro atoms. The molecule has 0 radical (unpaired) electrons. The van der Waals surface area contributed by atoms with Crippen molar-refractivity contribution in [3.05, 3.63) is 68.6 Å². The first-order valence-corrected chi connectivity index (χ1v) is 8.42. The molecular formula is C17H17Br2N. The van der Waals surface area contributed by atoms with Gasteiger partial charge in [0.2, 0.25) is 0 Å². The van der Waals surface area contributed by atoms with Crippen LogP contribution in [-0.2, 0) is 5.41 Å². The molecule has 1 saturated carbocycles. The Morgan fingerprint density at radius 3 is 1.80 bits per heavy atom. The van der Waals surface area contributed by atoms with E-state index in [1.165, 1.54) is 17.5 Å². The van der Waals surface area contributed by atoms with E-state index in [2.05, 4.69) is 85.7 Å². The summed E-state index contributed by atoms with van der Waals surface area (Å²) in [5.74, 6) is 0.676. The highest BCUT2D eigenvalue weighted by Crippen LogP contribution is 2.58. The summed E-state index contributed by atoms with van der Waals surface area (Å²) in [5.41, 5.74) is 3.02. The van der Waals surface area contributed by atoms with Gasteiger partial charge in [0.1, 0.15) is 0 Å². The summed E-state index contributed by atoms with van der Waals surface area (Å²) in [6, 6.07) is 17.6. The normalized spacial score (nSPS) is 19.9. The van der Waals surface area contributed by atoms with Crippen molar-refractivity contribution in [2.45, 2.75) is 11.8 Å². The van der Waals surface area contributed by atoms with Gasteiger partial charge in [-0.25, -0.2) is 0 Å². The Bertz CT molecular complexity index is 544. The smallest absolute Gasteiger partial charge is 0.0247 e. The molecule has 0 aliphatic heterocycles. The van der Waals surface area contributed by atoms with E-state index < -0.39 is 0 Å². The lowest BCUT2D eigenvalue weighted by Gasteiger charge is -2.19. The minimum absolute atomic E-state index is 0.185.